The van der Waals surface area contributed by atoms with Crippen molar-refractivity contribution in [1.29, 1.82) is 0 Å². The lowest BCUT2D eigenvalue weighted by atomic mass is 9.77. The topological polar surface area (TPSA) is 37.3 Å². The average Bonchev–Trinajstić information content (AvgIpc) is 2.57. The number of carbonyl (C=O) groups is 1. The molecule has 1 aliphatic carbocycles. The molecule has 0 saturated heterocycles. The Morgan fingerprint density at radius 2 is 2.13 bits per heavy atom. The number of hydrogen-bond acceptors (Lipinski definition) is 2. The van der Waals surface area contributed by atoms with Crippen molar-refractivity contribution >= 4 is 5.78 Å². The van der Waals surface area contributed by atoms with Crippen LogP contribution in [0.25, 0.3) is 0 Å². The van der Waals surface area contributed by atoms with E-state index in [-0.39, 0.29) is 17.6 Å². The highest BCUT2D eigenvalue weighted by molar-refractivity contribution is 5.95. The number of carbonyl (C=O) groups excluding carboxylic acids is 1. The van der Waals surface area contributed by atoms with Gasteiger partial charge in [0.2, 0.25) is 0 Å². The maximum absolute atomic E-state index is 11.7. The van der Waals surface area contributed by atoms with E-state index >= 15 is 0 Å². The second-order valence-electron chi connectivity index (χ2n) is 4.76. The van der Waals surface area contributed by atoms with E-state index in [9.17, 15) is 9.90 Å². The van der Waals surface area contributed by atoms with Crippen LogP contribution in [0.2, 0.25) is 0 Å². The first kappa shape index (κ1) is 12.4. The SMILES string of the molecule is CCCCC1C=CC(=O)C1C(C)(O)CC. The van der Waals surface area contributed by atoms with Gasteiger partial charge in [0.15, 0.2) is 5.78 Å². The molecule has 0 aromatic rings. The molecular formula is C13H22O2. The summed E-state index contributed by atoms with van der Waals surface area (Å²) >= 11 is 0. The van der Waals surface area contributed by atoms with Crippen molar-refractivity contribution in [2.75, 3.05) is 0 Å². The van der Waals surface area contributed by atoms with Gasteiger partial charge in [-0.2, -0.15) is 0 Å². The van der Waals surface area contributed by atoms with Crippen molar-refractivity contribution < 1.29 is 9.90 Å². The van der Waals surface area contributed by atoms with Crippen molar-refractivity contribution in [3.05, 3.63) is 12.2 Å². The lowest BCUT2D eigenvalue weighted by Crippen LogP contribution is -2.40. The molecule has 0 radical (unpaired) electrons. The van der Waals surface area contributed by atoms with E-state index in [0.29, 0.717) is 6.42 Å². The van der Waals surface area contributed by atoms with Crippen LogP contribution in [0.3, 0.4) is 0 Å². The molecule has 2 heteroatoms. The van der Waals surface area contributed by atoms with Crippen molar-refractivity contribution in [2.45, 2.75) is 52.1 Å². The number of allylic oxidation sites excluding steroid dienone is 2. The summed E-state index contributed by atoms with van der Waals surface area (Å²) in [4.78, 5) is 11.7. The summed E-state index contributed by atoms with van der Waals surface area (Å²) in [6, 6.07) is 0. The van der Waals surface area contributed by atoms with E-state index in [0.717, 1.165) is 19.3 Å². The molecule has 0 spiro atoms. The molecule has 1 aliphatic rings. The number of ketones is 1. The van der Waals surface area contributed by atoms with E-state index < -0.39 is 5.60 Å². The Morgan fingerprint density at radius 1 is 1.47 bits per heavy atom. The van der Waals surface area contributed by atoms with Crippen LogP contribution in [0.15, 0.2) is 12.2 Å². The van der Waals surface area contributed by atoms with Crippen LogP contribution in [0, 0.1) is 11.8 Å². The zero-order valence-corrected chi connectivity index (χ0v) is 9.99. The second kappa shape index (κ2) is 4.93. The predicted molar refractivity (Wildman–Crippen MR) is 61.6 cm³/mol. The summed E-state index contributed by atoms with van der Waals surface area (Å²) in [6.45, 7) is 5.86. The molecule has 86 valence electrons. The molecular weight excluding hydrogens is 188 g/mol. The highest BCUT2D eigenvalue weighted by Crippen LogP contribution is 2.36. The van der Waals surface area contributed by atoms with Crippen LogP contribution < -0.4 is 0 Å². The average molecular weight is 210 g/mol. The standard InChI is InChI=1S/C13H22O2/c1-4-6-7-10-8-9-11(14)12(10)13(3,15)5-2/h8-10,12,15H,4-7H2,1-3H3. The maximum atomic E-state index is 11.7. The molecule has 2 nitrogen and oxygen atoms in total. The highest BCUT2D eigenvalue weighted by atomic mass is 16.3. The van der Waals surface area contributed by atoms with Gasteiger partial charge >= 0.3 is 0 Å². The summed E-state index contributed by atoms with van der Waals surface area (Å²) in [5, 5.41) is 10.2. The molecule has 1 rings (SSSR count). The Hall–Kier alpha value is -0.630. The fraction of sp³-hybridized carbons (Fsp3) is 0.769. The minimum absolute atomic E-state index is 0.1000. The minimum atomic E-state index is -0.848. The number of hydrogen-bond donors (Lipinski definition) is 1. The summed E-state index contributed by atoms with van der Waals surface area (Å²) < 4.78 is 0. The lowest BCUT2D eigenvalue weighted by Gasteiger charge is -2.32. The van der Waals surface area contributed by atoms with Gasteiger partial charge in [-0.1, -0.05) is 32.8 Å². The van der Waals surface area contributed by atoms with Crippen LogP contribution in [-0.2, 0) is 4.79 Å². The van der Waals surface area contributed by atoms with Crippen LogP contribution in [-0.4, -0.2) is 16.5 Å². The number of unbranched alkanes of at least 4 members (excludes halogenated alkanes) is 1. The highest BCUT2D eigenvalue weighted by Gasteiger charge is 2.41. The molecule has 0 fully saturated rings. The van der Waals surface area contributed by atoms with Crippen LogP contribution >= 0.6 is 0 Å². The normalized spacial score (nSPS) is 29.5. The van der Waals surface area contributed by atoms with E-state index in [1.54, 1.807) is 13.0 Å². The van der Waals surface area contributed by atoms with Gasteiger partial charge in [-0.15, -0.1) is 0 Å². The van der Waals surface area contributed by atoms with E-state index in [4.69, 9.17) is 0 Å². The van der Waals surface area contributed by atoms with Gasteiger partial charge in [0, 0.05) is 0 Å². The van der Waals surface area contributed by atoms with Crippen LogP contribution in [0.1, 0.15) is 46.5 Å². The van der Waals surface area contributed by atoms with Crippen LogP contribution in [0.5, 0.6) is 0 Å². The molecule has 1 N–H and O–H groups in total. The molecule has 0 aromatic carbocycles. The van der Waals surface area contributed by atoms with E-state index in [1.807, 2.05) is 13.0 Å². The number of aliphatic hydroxyl groups is 1. The first-order valence-electron chi connectivity index (χ1n) is 5.97. The quantitative estimate of drug-likeness (QED) is 0.757. The molecule has 0 bridgehead atoms. The molecule has 0 heterocycles. The third kappa shape index (κ3) is 2.69. The largest absolute Gasteiger partial charge is 0.389 e. The smallest absolute Gasteiger partial charge is 0.161 e. The van der Waals surface area contributed by atoms with Gasteiger partial charge in [0.1, 0.15) is 0 Å². The van der Waals surface area contributed by atoms with Gasteiger partial charge < -0.3 is 5.11 Å². The van der Waals surface area contributed by atoms with Gasteiger partial charge in [-0.3, -0.25) is 4.79 Å². The maximum Gasteiger partial charge on any atom is 0.161 e. The van der Waals surface area contributed by atoms with Gasteiger partial charge in [-0.25, -0.2) is 0 Å². The molecule has 3 atom stereocenters. The molecule has 0 aliphatic heterocycles. The first-order chi connectivity index (χ1) is 7.03. The van der Waals surface area contributed by atoms with Crippen molar-refractivity contribution in [3.63, 3.8) is 0 Å². The minimum Gasteiger partial charge on any atom is -0.389 e. The molecule has 0 aromatic heterocycles. The summed E-state index contributed by atoms with van der Waals surface area (Å²) in [5.74, 6) is 0.129. The summed E-state index contributed by atoms with van der Waals surface area (Å²) in [7, 11) is 0. The summed E-state index contributed by atoms with van der Waals surface area (Å²) in [5.41, 5.74) is -0.848. The van der Waals surface area contributed by atoms with E-state index in [2.05, 4.69) is 6.92 Å². The first-order valence-corrected chi connectivity index (χ1v) is 5.97. The third-order valence-corrected chi connectivity index (χ3v) is 3.52. The van der Waals surface area contributed by atoms with Gasteiger partial charge in [0.25, 0.3) is 0 Å². The number of rotatable bonds is 5. The molecule has 0 amide bonds. The van der Waals surface area contributed by atoms with E-state index in [1.165, 1.54) is 0 Å². The van der Waals surface area contributed by atoms with Gasteiger partial charge in [-0.05, 0) is 31.8 Å². The molecule has 3 unspecified atom stereocenters. The second-order valence-corrected chi connectivity index (χ2v) is 4.76. The Kier molecular flexibility index (Phi) is 4.09. The monoisotopic (exact) mass is 210 g/mol. The van der Waals surface area contributed by atoms with Gasteiger partial charge in [0.05, 0.1) is 11.5 Å². The Morgan fingerprint density at radius 3 is 2.67 bits per heavy atom. The fourth-order valence-electron chi connectivity index (χ4n) is 2.33. The predicted octanol–water partition coefficient (Wildman–Crippen LogP) is 2.71. The Labute approximate surface area is 92.4 Å². The Bertz CT molecular complexity index is 253. The fourth-order valence-corrected chi connectivity index (χ4v) is 2.33. The molecule has 15 heavy (non-hydrogen) atoms. The zero-order valence-electron chi connectivity index (χ0n) is 9.99. The van der Waals surface area contributed by atoms with Crippen molar-refractivity contribution in [3.8, 4) is 0 Å². The zero-order chi connectivity index (χ0) is 11.5. The Balaban J connectivity index is 2.71. The van der Waals surface area contributed by atoms with Crippen LogP contribution in [0.4, 0.5) is 0 Å². The summed E-state index contributed by atoms with van der Waals surface area (Å²) in [6.07, 6.45) is 7.54. The lowest BCUT2D eigenvalue weighted by molar-refractivity contribution is -0.127. The molecule has 0 saturated carbocycles. The third-order valence-electron chi connectivity index (χ3n) is 3.52. The van der Waals surface area contributed by atoms with Crippen molar-refractivity contribution in [1.82, 2.24) is 0 Å². The van der Waals surface area contributed by atoms with Crippen molar-refractivity contribution in [2.24, 2.45) is 11.8 Å².